The molecule has 47 heavy (non-hydrogen) atoms. The van der Waals surface area contributed by atoms with Crippen molar-refractivity contribution in [1.82, 2.24) is 9.88 Å². The van der Waals surface area contributed by atoms with Gasteiger partial charge < -0.3 is 15.2 Å². The molecule has 3 atom stereocenters. The Morgan fingerprint density at radius 3 is 2.43 bits per heavy atom. The van der Waals surface area contributed by atoms with E-state index in [1.54, 1.807) is 30.3 Å². The van der Waals surface area contributed by atoms with Gasteiger partial charge in [0.15, 0.2) is 11.6 Å². The predicted molar refractivity (Wildman–Crippen MR) is 166 cm³/mol. The molecule has 5 rings (SSSR count). The molecule has 13 heteroatoms. The van der Waals surface area contributed by atoms with E-state index < -0.39 is 69.8 Å². The number of aliphatic carboxylic acids is 1. The molecule has 0 saturated carbocycles. The van der Waals surface area contributed by atoms with Gasteiger partial charge in [0.1, 0.15) is 10.8 Å². The first-order valence-electron chi connectivity index (χ1n) is 14.7. The number of halogens is 5. The molecule has 2 N–H and O–H groups in total. The Bertz CT molecular complexity index is 1890. The van der Waals surface area contributed by atoms with Crippen molar-refractivity contribution in [2.75, 3.05) is 19.4 Å². The Hall–Kier alpha value is -4.36. The van der Waals surface area contributed by atoms with Crippen molar-refractivity contribution in [3.8, 4) is 16.9 Å². The summed E-state index contributed by atoms with van der Waals surface area (Å²) in [6.45, 7) is 1.63. The molecule has 3 unspecified atom stereocenters. The van der Waals surface area contributed by atoms with Crippen LogP contribution in [0, 0.1) is 18.6 Å². The van der Waals surface area contributed by atoms with Crippen molar-refractivity contribution in [3.05, 3.63) is 117 Å². The van der Waals surface area contributed by atoms with Crippen LogP contribution in [0.5, 0.6) is 5.75 Å². The van der Waals surface area contributed by atoms with Gasteiger partial charge in [0.2, 0.25) is 0 Å². The summed E-state index contributed by atoms with van der Waals surface area (Å²) in [6.07, 6.45) is -5.48. The number of aromatic nitrogens is 1. The second-order valence-corrected chi connectivity index (χ2v) is 12.6. The molecule has 2 heterocycles. The van der Waals surface area contributed by atoms with Crippen molar-refractivity contribution in [2.45, 2.75) is 49.5 Å². The lowest BCUT2D eigenvalue weighted by molar-refractivity contribution is -0.138. The van der Waals surface area contributed by atoms with Crippen LogP contribution in [-0.4, -0.2) is 39.3 Å². The van der Waals surface area contributed by atoms with Crippen molar-refractivity contribution in [1.29, 1.82) is 0 Å². The van der Waals surface area contributed by atoms with Gasteiger partial charge in [-0.15, -0.1) is 0 Å². The highest BCUT2D eigenvalue weighted by Gasteiger charge is 2.41. The van der Waals surface area contributed by atoms with E-state index in [1.165, 1.54) is 36.8 Å². The number of carboxylic acid groups (broad SMARTS) is 1. The molecule has 1 aliphatic heterocycles. The fraction of sp³-hybridized carbons (Fsp3) is 0.294. The highest BCUT2D eigenvalue weighted by molar-refractivity contribution is 7.85. The third kappa shape index (κ3) is 6.72. The fourth-order valence-corrected chi connectivity index (χ4v) is 7.88. The average molecular weight is 675 g/mol. The second kappa shape index (κ2) is 13.8. The molecule has 0 aliphatic carbocycles. The Morgan fingerprint density at radius 1 is 1.06 bits per heavy atom. The summed E-state index contributed by atoms with van der Waals surface area (Å²) in [4.78, 5) is 25.7. The molecule has 0 saturated heterocycles. The summed E-state index contributed by atoms with van der Waals surface area (Å²) >= 11 is 0. The first-order chi connectivity index (χ1) is 22.3. The fourth-order valence-electron chi connectivity index (χ4n) is 6.13. The SMILES string of the molecule is COc1cccc(-c2c(C)c(Cc3c(F)cccc3C(F)(F)F)c3n(c2=O)C(C(NCCCC(=O)O)c2ccccc2)CS3=O)c1F. The minimum Gasteiger partial charge on any atom is -0.494 e. The van der Waals surface area contributed by atoms with E-state index in [0.29, 0.717) is 5.56 Å². The number of carbonyl (C=O) groups is 1. The molecule has 7 nitrogen and oxygen atoms in total. The van der Waals surface area contributed by atoms with Crippen molar-refractivity contribution < 1.29 is 40.8 Å². The molecule has 0 radical (unpaired) electrons. The zero-order valence-electron chi connectivity index (χ0n) is 25.4. The number of rotatable bonds is 11. The summed E-state index contributed by atoms with van der Waals surface area (Å²) in [5.41, 5.74) is -2.29. The molecule has 1 aromatic heterocycles. The Kier molecular flexibility index (Phi) is 9.97. The van der Waals surface area contributed by atoms with Crippen LogP contribution in [0.2, 0.25) is 0 Å². The highest BCUT2D eigenvalue weighted by atomic mass is 32.2. The quantitative estimate of drug-likeness (QED) is 0.138. The largest absolute Gasteiger partial charge is 0.494 e. The zero-order valence-corrected chi connectivity index (χ0v) is 26.2. The minimum absolute atomic E-state index is 0.0101. The maximum atomic E-state index is 15.8. The minimum atomic E-state index is -4.91. The van der Waals surface area contributed by atoms with E-state index in [-0.39, 0.29) is 58.2 Å². The second-order valence-electron chi connectivity index (χ2n) is 11.1. The summed E-state index contributed by atoms with van der Waals surface area (Å²) in [7, 11) is -0.704. The van der Waals surface area contributed by atoms with Gasteiger partial charge >= 0.3 is 12.1 Å². The summed E-state index contributed by atoms with van der Waals surface area (Å²) < 4.78 is 93.6. The first-order valence-corrected chi connectivity index (χ1v) is 16.0. The summed E-state index contributed by atoms with van der Waals surface area (Å²) in [5, 5.41) is 12.3. The molecule has 0 bridgehead atoms. The Morgan fingerprint density at radius 2 is 1.77 bits per heavy atom. The Balaban J connectivity index is 1.79. The topological polar surface area (TPSA) is 97.6 Å². The van der Waals surface area contributed by atoms with E-state index in [0.717, 1.165) is 18.2 Å². The summed E-state index contributed by atoms with van der Waals surface area (Å²) in [6, 6.07) is 14.0. The smallest absolute Gasteiger partial charge is 0.416 e. The molecule has 3 aromatic carbocycles. The van der Waals surface area contributed by atoms with Crippen LogP contribution in [0.3, 0.4) is 0 Å². The number of nitrogens with zero attached hydrogens (tertiary/aromatic N) is 1. The van der Waals surface area contributed by atoms with Gasteiger partial charge in [-0.25, -0.2) is 8.78 Å². The number of fused-ring (bicyclic) bond motifs is 1. The van der Waals surface area contributed by atoms with Crippen LogP contribution in [0.15, 0.2) is 76.6 Å². The van der Waals surface area contributed by atoms with E-state index in [2.05, 4.69) is 5.32 Å². The van der Waals surface area contributed by atoms with Crippen LogP contribution in [0.1, 0.15) is 52.7 Å². The van der Waals surface area contributed by atoms with Crippen molar-refractivity contribution in [3.63, 3.8) is 0 Å². The third-order valence-corrected chi connectivity index (χ3v) is 9.83. The van der Waals surface area contributed by atoms with Gasteiger partial charge in [-0.05, 0) is 54.8 Å². The number of methoxy groups -OCH3 is 1. The van der Waals surface area contributed by atoms with Crippen LogP contribution in [0.4, 0.5) is 22.0 Å². The maximum absolute atomic E-state index is 15.8. The van der Waals surface area contributed by atoms with Crippen LogP contribution in [-0.2, 0) is 28.2 Å². The Labute approximate surface area is 269 Å². The molecular weight excluding hydrogens is 643 g/mol. The monoisotopic (exact) mass is 674 g/mol. The third-order valence-electron chi connectivity index (χ3n) is 8.31. The van der Waals surface area contributed by atoms with Crippen LogP contribution < -0.4 is 15.6 Å². The van der Waals surface area contributed by atoms with E-state index in [1.807, 2.05) is 0 Å². The number of pyridine rings is 1. The maximum Gasteiger partial charge on any atom is 0.416 e. The normalized spacial score (nSPS) is 16.6. The van der Waals surface area contributed by atoms with Crippen molar-refractivity contribution >= 4 is 16.8 Å². The first kappa shape index (κ1) is 34.0. The van der Waals surface area contributed by atoms with Gasteiger partial charge in [0.05, 0.1) is 46.9 Å². The molecule has 0 spiro atoms. The lowest BCUT2D eigenvalue weighted by Gasteiger charge is -2.28. The molecule has 248 valence electrons. The predicted octanol–water partition coefficient (Wildman–Crippen LogP) is 6.58. The molecular formula is C34H31F5N2O5S. The molecule has 4 aromatic rings. The number of hydrogen-bond donors (Lipinski definition) is 2. The van der Waals surface area contributed by atoms with E-state index >= 15 is 8.78 Å². The van der Waals surface area contributed by atoms with Gasteiger partial charge in [-0.2, -0.15) is 13.2 Å². The number of hydrogen-bond acceptors (Lipinski definition) is 5. The molecule has 1 aliphatic rings. The van der Waals surface area contributed by atoms with E-state index in [9.17, 15) is 27.0 Å². The van der Waals surface area contributed by atoms with Gasteiger partial charge in [0, 0.05) is 24.0 Å². The number of nitrogens with one attached hydrogen (secondary N) is 1. The number of carboxylic acids is 1. The van der Waals surface area contributed by atoms with Gasteiger partial charge in [-0.1, -0.05) is 48.5 Å². The highest BCUT2D eigenvalue weighted by Crippen LogP contribution is 2.42. The number of ether oxygens (including phenoxy) is 1. The number of benzene rings is 3. The standard InChI is InChI=1S/C34H31F5N2O5S/c1-19-22(17-23-24(34(37,38)39)12-7-13-25(23)35)33-41(32(44)29(19)21-11-6-14-27(46-2)30(21)36)26(18-47(33)45)31(20-9-4-3-5-10-20)40-16-8-15-28(42)43/h3-7,9-14,26,31,40H,8,15-18H2,1-2H3,(H,42,43). The lowest BCUT2D eigenvalue weighted by atomic mass is 9.91. The molecule has 0 fully saturated rings. The molecule has 0 amide bonds. The zero-order chi connectivity index (χ0) is 34.0. The average Bonchev–Trinajstić information content (AvgIpc) is 3.37. The van der Waals surface area contributed by atoms with Crippen LogP contribution >= 0.6 is 0 Å². The number of alkyl halides is 3. The lowest BCUT2D eigenvalue weighted by Crippen LogP contribution is -2.36. The van der Waals surface area contributed by atoms with Gasteiger partial charge in [0.25, 0.3) is 5.56 Å². The van der Waals surface area contributed by atoms with Crippen molar-refractivity contribution in [2.24, 2.45) is 0 Å². The summed E-state index contributed by atoms with van der Waals surface area (Å²) in [5.74, 6) is -3.33. The van der Waals surface area contributed by atoms with Gasteiger partial charge in [-0.3, -0.25) is 18.4 Å². The van der Waals surface area contributed by atoms with E-state index in [4.69, 9.17) is 9.84 Å². The van der Waals surface area contributed by atoms with Crippen LogP contribution in [0.25, 0.3) is 11.1 Å².